The second-order valence-electron chi connectivity index (χ2n) is 5.20. The maximum absolute atomic E-state index is 12.0. The average molecular weight is 342 g/mol. The maximum Gasteiger partial charge on any atom is 0.262 e. The summed E-state index contributed by atoms with van der Waals surface area (Å²) in [6.07, 6.45) is 0. The van der Waals surface area contributed by atoms with E-state index in [2.05, 4.69) is 5.32 Å². The van der Waals surface area contributed by atoms with E-state index in [9.17, 15) is 4.79 Å². The van der Waals surface area contributed by atoms with E-state index < -0.39 is 0 Å². The molecule has 4 nitrogen and oxygen atoms in total. The lowest BCUT2D eigenvalue weighted by Gasteiger charge is -2.10. The van der Waals surface area contributed by atoms with E-state index in [0.29, 0.717) is 22.2 Å². The van der Waals surface area contributed by atoms with E-state index >= 15 is 0 Å². The highest BCUT2D eigenvalue weighted by molar-refractivity contribution is 6.32. The molecule has 122 valence electrons. The van der Waals surface area contributed by atoms with Gasteiger partial charge in [0.15, 0.2) is 6.61 Å². The Morgan fingerprint density at radius 2 is 1.83 bits per heavy atom. The van der Waals surface area contributed by atoms with Crippen LogP contribution in [0.25, 0.3) is 10.8 Å². The highest BCUT2D eigenvalue weighted by Crippen LogP contribution is 2.27. The fourth-order valence-corrected chi connectivity index (χ4v) is 2.60. The molecule has 3 aromatic rings. The molecule has 0 aromatic heterocycles. The first-order valence-electron chi connectivity index (χ1n) is 7.41. The van der Waals surface area contributed by atoms with Crippen LogP contribution >= 0.6 is 11.6 Å². The second kappa shape index (κ2) is 7.23. The number of hydrogen-bond donors (Lipinski definition) is 1. The van der Waals surface area contributed by atoms with Crippen LogP contribution in [0.4, 0.5) is 5.69 Å². The van der Waals surface area contributed by atoms with Crippen molar-refractivity contribution in [1.29, 1.82) is 0 Å². The minimum Gasteiger partial charge on any atom is -0.495 e. The molecule has 1 amide bonds. The molecule has 3 aromatic carbocycles. The van der Waals surface area contributed by atoms with Gasteiger partial charge in [-0.25, -0.2) is 0 Å². The normalized spacial score (nSPS) is 10.4. The zero-order chi connectivity index (χ0) is 16.9. The van der Waals surface area contributed by atoms with Gasteiger partial charge in [0.2, 0.25) is 0 Å². The molecule has 0 unspecified atom stereocenters. The van der Waals surface area contributed by atoms with Crippen LogP contribution in [-0.4, -0.2) is 19.6 Å². The number of hydrogen-bond acceptors (Lipinski definition) is 3. The number of anilines is 1. The quantitative estimate of drug-likeness (QED) is 0.742. The Labute approximate surface area is 145 Å². The van der Waals surface area contributed by atoms with Crippen LogP contribution in [0.1, 0.15) is 0 Å². The molecule has 24 heavy (non-hydrogen) atoms. The number of halogens is 1. The Balaban J connectivity index is 1.61. The van der Waals surface area contributed by atoms with Crippen molar-refractivity contribution < 1.29 is 14.3 Å². The lowest BCUT2D eigenvalue weighted by molar-refractivity contribution is -0.118. The Bertz CT molecular complexity index is 879. The van der Waals surface area contributed by atoms with Gasteiger partial charge in [-0.3, -0.25) is 4.79 Å². The number of carbonyl (C=O) groups is 1. The molecule has 0 atom stereocenters. The van der Waals surface area contributed by atoms with E-state index in [-0.39, 0.29) is 12.5 Å². The Morgan fingerprint density at radius 3 is 2.58 bits per heavy atom. The third-order valence-corrected chi connectivity index (χ3v) is 3.82. The molecule has 0 aliphatic carbocycles. The molecule has 0 saturated carbocycles. The van der Waals surface area contributed by atoms with Gasteiger partial charge in [0, 0.05) is 5.69 Å². The monoisotopic (exact) mass is 341 g/mol. The van der Waals surface area contributed by atoms with Crippen LogP contribution in [-0.2, 0) is 4.79 Å². The van der Waals surface area contributed by atoms with Crippen molar-refractivity contribution in [2.24, 2.45) is 0 Å². The predicted molar refractivity (Wildman–Crippen MR) is 96.1 cm³/mol. The third kappa shape index (κ3) is 3.78. The number of nitrogens with one attached hydrogen (secondary N) is 1. The SMILES string of the molecule is COc1ccc(NC(=O)COc2ccc3ccccc3c2)cc1Cl. The lowest BCUT2D eigenvalue weighted by Crippen LogP contribution is -2.20. The molecule has 0 bridgehead atoms. The minimum absolute atomic E-state index is 0.0814. The maximum atomic E-state index is 12.0. The number of carbonyl (C=O) groups excluding carboxylic acids is 1. The van der Waals surface area contributed by atoms with Crippen molar-refractivity contribution in [2.45, 2.75) is 0 Å². The van der Waals surface area contributed by atoms with Gasteiger partial charge in [-0.05, 0) is 41.1 Å². The van der Waals surface area contributed by atoms with Gasteiger partial charge in [-0.1, -0.05) is 41.9 Å². The first-order valence-corrected chi connectivity index (χ1v) is 7.78. The van der Waals surface area contributed by atoms with E-state index in [0.717, 1.165) is 10.8 Å². The van der Waals surface area contributed by atoms with Crippen LogP contribution < -0.4 is 14.8 Å². The molecule has 0 saturated heterocycles. The van der Waals surface area contributed by atoms with Gasteiger partial charge in [0.25, 0.3) is 5.91 Å². The summed E-state index contributed by atoms with van der Waals surface area (Å²) in [5.41, 5.74) is 0.591. The number of fused-ring (bicyclic) bond motifs is 1. The molecule has 3 rings (SSSR count). The zero-order valence-corrected chi connectivity index (χ0v) is 13.8. The number of ether oxygens (including phenoxy) is 2. The summed E-state index contributed by atoms with van der Waals surface area (Å²) in [7, 11) is 1.54. The van der Waals surface area contributed by atoms with Crippen molar-refractivity contribution >= 4 is 34.0 Å². The number of rotatable bonds is 5. The van der Waals surface area contributed by atoms with Gasteiger partial charge in [-0.2, -0.15) is 0 Å². The van der Waals surface area contributed by atoms with E-state index in [1.807, 2.05) is 42.5 Å². The topological polar surface area (TPSA) is 47.6 Å². The average Bonchev–Trinajstić information content (AvgIpc) is 2.60. The van der Waals surface area contributed by atoms with Gasteiger partial charge in [0.05, 0.1) is 12.1 Å². The Hall–Kier alpha value is -2.72. The fraction of sp³-hybridized carbons (Fsp3) is 0.105. The number of methoxy groups -OCH3 is 1. The van der Waals surface area contributed by atoms with Gasteiger partial charge < -0.3 is 14.8 Å². The van der Waals surface area contributed by atoms with Crippen molar-refractivity contribution in [3.05, 3.63) is 65.7 Å². The summed E-state index contributed by atoms with van der Waals surface area (Å²) in [6.45, 7) is -0.0814. The molecular weight excluding hydrogens is 326 g/mol. The predicted octanol–water partition coefficient (Wildman–Crippen LogP) is 4.52. The summed E-state index contributed by atoms with van der Waals surface area (Å²) in [6, 6.07) is 18.7. The van der Waals surface area contributed by atoms with Gasteiger partial charge in [-0.15, -0.1) is 0 Å². The minimum atomic E-state index is -0.260. The van der Waals surface area contributed by atoms with Crippen molar-refractivity contribution in [3.63, 3.8) is 0 Å². The number of amides is 1. The second-order valence-corrected chi connectivity index (χ2v) is 5.60. The molecule has 0 radical (unpaired) electrons. The molecule has 5 heteroatoms. The molecule has 1 N–H and O–H groups in total. The molecule has 0 aliphatic heterocycles. The molecule has 0 heterocycles. The molecule has 0 fully saturated rings. The molecular formula is C19H16ClNO3. The molecule has 0 aliphatic rings. The molecule has 0 spiro atoms. The lowest BCUT2D eigenvalue weighted by atomic mass is 10.1. The summed E-state index contributed by atoms with van der Waals surface area (Å²) in [4.78, 5) is 12.0. The smallest absolute Gasteiger partial charge is 0.262 e. The summed E-state index contributed by atoms with van der Waals surface area (Å²) in [5.74, 6) is 0.947. The largest absolute Gasteiger partial charge is 0.495 e. The van der Waals surface area contributed by atoms with E-state index in [1.54, 1.807) is 18.2 Å². The number of benzene rings is 3. The van der Waals surface area contributed by atoms with E-state index in [1.165, 1.54) is 7.11 Å². The van der Waals surface area contributed by atoms with Gasteiger partial charge >= 0.3 is 0 Å². The van der Waals surface area contributed by atoms with Crippen molar-refractivity contribution in [2.75, 3.05) is 19.0 Å². The highest BCUT2D eigenvalue weighted by Gasteiger charge is 2.07. The van der Waals surface area contributed by atoms with Crippen molar-refractivity contribution in [3.8, 4) is 11.5 Å². The van der Waals surface area contributed by atoms with Crippen LogP contribution in [0, 0.1) is 0 Å². The summed E-state index contributed by atoms with van der Waals surface area (Å²) < 4.78 is 10.6. The highest BCUT2D eigenvalue weighted by atomic mass is 35.5. The third-order valence-electron chi connectivity index (χ3n) is 3.53. The van der Waals surface area contributed by atoms with Gasteiger partial charge in [0.1, 0.15) is 11.5 Å². The Kier molecular flexibility index (Phi) is 4.87. The van der Waals surface area contributed by atoms with Crippen LogP contribution in [0.15, 0.2) is 60.7 Å². The van der Waals surface area contributed by atoms with Crippen LogP contribution in [0.2, 0.25) is 5.02 Å². The van der Waals surface area contributed by atoms with E-state index in [4.69, 9.17) is 21.1 Å². The van der Waals surface area contributed by atoms with Crippen molar-refractivity contribution in [1.82, 2.24) is 0 Å². The first-order chi connectivity index (χ1) is 11.7. The zero-order valence-electron chi connectivity index (χ0n) is 13.1. The first kappa shape index (κ1) is 16.1. The fourth-order valence-electron chi connectivity index (χ4n) is 2.35. The summed E-state index contributed by atoms with van der Waals surface area (Å²) >= 11 is 6.03. The standard InChI is InChI=1S/C19H16ClNO3/c1-23-18-9-7-15(11-17(18)20)21-19(22)12-24-16-8-6-13-4-2-3-5-14(13)10-16/h2-11H,12H2,1H3,(H,21,22). The summed E-state index contributed by atoms with van der Waals surface area (Å²) in [5, 5.41) is 5.37. The Morgan fingerprint density at radius 1 is 1.04 bits per heavy atom. The van der Waals surface area contributed by atoms with Crippen LogP contribution in [0.3, 0.4) is 0 Å². The van der Waals surface area contributed by atoms with Crippen LogP contribution in [0.5, 0.6) is 11.5 Å².